The Morgan fingerprint density at radius 1 is 1.27 bits per heavy atom. The summed E-state index contributed by atoms with van der Waals surface area (Å²) < 4.78 is 26.8. The fraction of sp³-hybridized carbons (Fsp3) is 0.636. The average Bonchev–Trinajstić information content (AvgIpc) is 2.20. The Labute approximate surface area is 93.0 Å². The molecule has 15 heavy (non-hydrogen) atoms. The lowest BCUT2D eigenvalue weighted by Crippen LogP contribution is -2.01. The minimum atomic E-state index is -3.49. The number of hydrogen-bond acceptors (Lipinski definition) is 3. The van der Waals surface area contributed by atoms with Crippen molar-refractivity contribution in [1.82, 2.24) is 0 Å². The largest absolute Gasteiger partial charge is 0.290 e. The molecule has 0 fully saturated rings. The molecule has 88 valence electrons. The molecule has 0 bridgehead atoms. The third kappa shape index (κ3) is 9.69. The zero-order valence-corrected chi connectivity index (χ0v) is 10.1. The first kappa shape index (κ1) is 14.4. The highest BCUT2D eigenvalue weighted by Gasteiger charge is 2.02. The van der Waals surface area contributed by atoms with Crippen LogP contribution in [-0.4, -0.2) is 15.0 Å². The van der Waals surface area contributed by atoms with Gasteiger partial charge in [-0.25, -0.2) is 0 Å². The van der Waals surface area contributed by atoms with Gasteiger partial charge in [0.15, 0.2) is 0 Å². The lowest BCUT2D eigenvalue weighted by atomic mass is 10.2. The van der Waals surface area contributed by atoms with Crippen molar-refractivity contribution in [3.63, 3.8) is 0 Å². The van der Waals surface area contributed by atoms with E-state index in [9.17, 15) is 8.42 Å². The molecule has 0 aromatic rings. The van der Waals surface area contributed by atoms with Crippen molar-refractivity contribution in [3.05, 3.63) is 24.1 Å². The van der Waals surface area contributed by atoms with Crippen LogP contribution in [0.25, 0.3) is 0 Å². The summed E-state index contributed by atoms with van der Waals surface area (Å²) in [5.74, 6) is 0. The smallest absolute Gasteiger partial charge is 0.263 e. The molecule has 0 spiro atoms. The summed E-state index contributed by atoms with van der Waals surface area (Å²) in [6.45, 7) is 5.55. The van der Waals surface area contributed by atoms with Gasteiger partial charge in [0, 0.05) is 0 Å². The predicted octanol–water partition coefficient (Wildman–Crippen LogP) is 3.00. The molecule has 0 saturated carbocycles. The van der Waals surface area contributed by atoms with Crippen molar-refractivity contribution >= 4 is 10.1 Å². The molecule has 0 radical (unpaired) electrons. The second kappa shape index (κ2) is 8.68. The molecule has 0 atom stereocenters. The van der Waals surface area contributed by atoms with Crippen molar-refractivity contribution < 1.29 is 12.6 Å². The van der Waals surface area contributed by atoms with Crippen LogP contribution < -0.4 is 0 Å². The van der Waals surface area contributed by atoms with Gasteiger partial charge in [0.05, 0.1) is 12.0 Å². The quantitative estimate of drug-likeness (QED) is 0.349. The fourth-order valence-electron chi connectivity index (χ4n) is 1.06. The molecular weight excluding hydrogens is 212 g/mol. The highest BCUT2D eigenvalue weighted by Crippen LogP contribution is 2.04. The first-order chi connectivity index (χ1) is 7.12. The van der Waals surface area contributed by atoms with Crippen LogP contribution in [0.4, 0.5) is 0 Å². The van der Waals surface area contributed by atoms with Crippen molar-refractivity contribution in [2.45, 2.75) is 39.0 Å². The maximum atomic E-state index is 11.1. The Morgan fingerprint density at radius 2 is 2.00 bits per heavy atom. The van der Waals surface area contributed by atoms with E-state index in [1.54, 1.807) is 6.08 Å². The zero-order chi connectivity index (χ0) is 11.6. The van der Waals surface area contributed by atoms with Crippen LogP contribution in [0.15, 0.2) is 24.1 Å². The summed E-state index contributed by atoms with van der Waals surface area (Å²) in [5.41, 5.74) is 0. The van der Waals surface area contributed by atoms with Crippen LogP contribution in [0.2, 0.25) is 0 Å². The minimum Gasteiger partial charge on any atom is -0.263 e. The van der Waals surface area contributed by atoms with Gasteiger partial charge in [-0.2, -0.15) is 8.42 Å². The third-order valence-electron chi connectivity index (χ3n) is 1.84. The molecule has 3 nitrogen and oxygen atoms in total. The molecule has 0 unspecified atom stereocenters. The molecule has 0 rings (SSSR count). The van der Waals surface area contributed by atoms with Gasteiger partial charge in [0.2, 0.25) is 0 Å². The monoisotopic (exact) mass is 232 g/mol. The Kier molecular flexibility index (Phi) is 8.33. The van der Waals surface area contributed by atoms with Crippen LogP contribution in [-0.2, 0) is 14.3 Å². The summed E-state index contributed by atoms with van der Waals surface area (Å²) >= 11 is 0. The van der Waals surface area contributed by atoms with Crippen LogP contribution in [0, 0.1) is 0 Å². The molecular formula is C11H20O3S. The number of unbranched alkanes of at least 4 members (excludes halogenated alkanes) is 4. The lowest BCUT2D eigenvalue weighted by molar-refractivity contribution is 0.364. The van der Waals surface area contributed by atoms with E-state index in [0.717, 1.165) is 24.7 Å². The number of hydrogen-bond donors (Lipinski definition) is 0. The summed E-state index contributed by atoms with van der Waals surface area (Å²) in [7, 11) is -3.49. The van der Waals surface area contributed by atoms with Crippen molar-refractivity contribution in [2.24, 2.45) is 0 Å². The van der Waals surface area contributed by atoms with Gasteiger partial charge in [-0.1, -0.05) is 38.3 Å². The first-order valence-corrected chi connectivity index (χ1v) is 6.76. The lowest BCUT2D eigenvalue weighted by Gasteiger charge is -1.97. The van der Waals surface area contributed by atoms with Crippen molar-refractivity contribution in [3.8, 4) is 0 Å². The van der Waals surface area contributed by atoms with E-state index in [2.05, 4.69) is 17.7 Å². The van der Waals surface area contributed by atoms with E-state index in [-0.39, 0.29) is 6.61 Å². The molecule has 0 amide bonds. The van der Waals surface area contributed by atoms with Gasteiger partial charge < -0.3 is 0 Å². The first-order valence-electron chi connectivity index (χ1n) is 5.29. The third-order valence-corrected chi connectivity index (χ3v) is 2.83. The Hall–Kier alpha value is -0.610. The van der Waals surface area contributed by atoms with Crippen molar-refractivity contribution in [2.75, 3.05) is 6.61 Å². The van der Waals surface area contributed by atoms with Crippen LogP contribution >= 0.6 is 0 Å². The SMILES string of the molecule is C=CCOS(=O)(=O)/C=C/CCCCCC. The molecule has 0 aliphatic heterocycles. The summed E-state index contributed by atoms with van der Waals surface area (Å²) in [4.78, 5) is 0. The maximum absolute atomic E-state index is 11.1. The van der Waals surface area contributed by atoms with Crippen molar-refractivity contribution in [1.29, 1.82) is 0 Å². The van der Waals surface area contributed by atoms with E-state index in [1.807, 2.05) is 0 Å². The van der Waals surface area contributed by atoms with Gasteiger partial charge in [-0.15, -0.1) is 6.58 Å². The van der Waals surface area contributed by atoms with E-state index in [4.69, 9.17) is 0 Å². The molecule has 0 saturated heterocycles. The summed E-state index contributed by atoms with van der Waals surface area (Å²) in [6.07, 6.45) is 8.41. The predicted molar refractivity (Wildman–Crippen MR) is 63.0 cm³/mol. The van der Waals surface area contributed by atoms with Gasteiger partial charge >= 0.3 is 0 Å². The van der Waals surface area contributed by atoms with E-state index < -0.39 is 10.1 Å². The van der Waals surface area contributed by atoms with Gasteiger partial charge in [0.1, 0.15) is 0 Å². The fourth-order valence-corrected chi connectivity index (χ4v) is 1.79. The number of rotatable bonds is 9. The molecule has 4 heteroatoms. The highest BCUT2D eigenvalue weighted by atomic mass is 32.2. The maximum Gasteiger partial charge on any atom is 0.290 e. The molecule has 0 aromatic heterocycles. The molecule has 0 aliphatic rings. The van der Waals surface area contributed by atoms with Gasteiger partial charge in [-0.3, -0.25) is 4.18 Å². The summed E-state index contributed by atoms with van der Waals surface area (Å²) in [6, 6.07) is 0. The Balaban J connectivity index is 3.70. The van der Waals surface area contributed by atoms with E-state index in [0.29, 0.717) is 0 Å². The molecule has 0 heterocycles. The minimum absolute atomic E-state index is 0.0303. The van der Waals surface area contributed by atoms with Crippen LogP contribution in [0.1, 0.15) is 39.0 Å². The second-order valence-electron chi connectivity index (χ2n) is 3.29. The Morgan fingerprint density at radius 3 is 2.60 bits per heavy atom. The molecule has 0 aromatic carbocycles. The standard InChI is InChI=1S/C11H20O3S/c1-3-5-6-7-8-9-11-15(12,13)14-10-4-2/h4,9,11H,2-3,5-8,10H2,1H3/b11-9+. The average molecular weight is 232 g/mol. The summed E-state index contributed by atoms with van der Waals surface area (Å²) in [5, 5.41) is 1.13. The van der Waals surface area contributed by atoms with Gasteiger partial charge in [0.25, 0.3) is 10.1 Å². The van der Waals surface area contributed by atoms with Crippen LogP contribution in [0.5, 0.6) is 0 Å². The van der Waals surface area contributed by atoms with E-state index in [1.165, 1.54) is 18.9 Å². The van der Waals surface area contributed by atoms with E-state index >= 15 is 0 Å². The second-order valence-corrected chi connectivity index (χ2v) is 4.78. The topological polar surface area (TPSA) is 43.4 Å². The number of allylic oxidation sites excluding steroid dienone is 1. The molecule has 0 aliphatic carbocycles. The Bertz CT molecular complexity index is 278. The molecule has 0 N–H and O–H groups in total. The zero-order valence-electron chi connectivity index (χ0n) is 9.31. The van der Waals surface area contributed by atoms with Gasteiger partial charge in [-0.05, 0) is 12.8 Å². The normalized spacial score (nSPS) is 12.1. The van der Waals surface area contributed by atoms with Crippen LogP contribution in [0.3, 0.4) is 0 Å². The highest BCUT2D eigenvalue weighted by molar-refractivity contribution is 7.89.